The van der Waals surface area contributed by atoms with E-state index in [2.05, 4.69) is 0 Å². The fraction of sp³-hybridized carbons (Fsp3) is 0.611. The van der Waals surface area contributed by atoms with Crippen molar-refractivity contribution in [2.24, 2.45) is 0 Å². The molecule has 0 unspecified atom stereocenters. The lowest BCUT2D eigenvalue weighted by Gasteiger charge is -2.39. The first-order chi connectivity index (χ1) is 12.8. The van der Waals surface area contributed by atoms with Crippen LogP contribution >= 0.6 is 0 Å². The van der Waals surface area contributed by atoms with E-state index in [0.29, 0.717) is 12.8 Å². The van der Waals surface area contributed by atoms with Crippen LogP contribution in [0.3, 0.4) is 0 Å². The largest absolute Gasteiger partial charge is 0.508 e. The van der Waals surface area contributed by atoms with Crippen LogP contribution in [0.5, 0.6) is 11.5 Å². The van der Waals surface area contributed by atoms with Gasteiger partial charge in [0.1, 0.15) is 47.6 Å². The number of phenolic OH excluding ortho intramolecular Hbond substituents is 1. The number of benzene rings is 1. The number of carbonyl (C=O) groups is 1. The molecule has 27 heavy (non-hydrogen) atoms. The van der Waals surface area contributed by atoms with Crippen molar-refractivity contribution in [2.45, 2.75) is 63.5 Å². The van der Waals surface area contributed by atoms with Crippen LogP contribution < -0.4 is 4.74 Å². The number of hydrogen-bond acceptors (Lipinski definition) is 9. The maximum atomic E-state index is 12.5. The number of esters is 1. The number of hydrogen-bond donors (Lipinski definition) is 5. The summed E-state index contributed by atoms with van der Waals surface area (Å²) in [6.07, 6.45) is -6.44. The molecule has 9 nitrogen and oxygen atoms in total. The average molecular weight is 386 g/mol. The molecule has 5 atom stereocenters. The second-order valence-electron chi connectivity index (χ2n) is 6.34. The third-order valence-corrected chi connectivity index (χ3v) is 4.46. The smallest absolute Gasteiger partial charge is 0.342 e. The van der Waals surface area contributed by atoms with E-state index in [1.807, 2.05) is 13.8 Å². The van der Waals surface area contributed by atoms with Crippen molar-refractivity contribution in [1.82, 2.24) is 0 Å². The molecule has 0 saturated carbocycles. The van der Waals surface area contributed by atoms with E-state index in [9.17, 15) is 30.3 Å². The molecular formula is C18H26O9. The third kappa shape index (κ3) is 4.88. The molecule has 0 radical (unpaired) electrons. The van der Waals surface area contributed by atoms with Crippen LogP contribution in [0.4, 0.5) is 0 Å². The Labute approximate surface area is 156 Å². The third-order valence-electron chi connectivity index (χ3n) is 4.46. The van der Waals surface area contributed by atoms with Crippen LogP contribution in [0.15, 0.2) is 18.2 Å². The van der Waals surface area contributed by atoms with Crippen molar-refractivity contribution >= 4 is 5.97 Å². The van der Waals surface area contributed by atoms with Gasteiger partial charge in [-0.25, -0.2) is 4.79 Å². The predicted molar refractivity (Wildman–Crippen MR) is 92.3 cm³/mol. The molecule has 1 aliphatic heterocycles. The van der Waals surface area contributed by atoms with Crippen molar-refractivity contribution < 1.29 is 44.5 Å². The normalized spacial score (nSPS) is 28.2. The molecule has 0 aromatic heterocycles. The summed E-state index contributed by atoms with van der Waals surface area (Å²) in [4.78, 5) is 12.5. The van der Waals surface area contributed by atoms with Gasteiger partial charge in [-0.05, 0) is 31.0 Å². The van der Waals surface area contributed by atoms with E-state index >= 15 is 0 Å². The molecule has 2 rings (SSSR count). The quantitative estimate of drug-likeness (QED) is 0.406. The van der Waals surface area contributed by atoms with Crippen LogP contribution in [0.25, 0.3) is 0 Å². The summed E-state index contributed by atoms with van der Waals surface area (Å²) < 4.78 is 16.1. The minimum atomic E-state index is -1.63. The van der Waals surface area contributed by atoms with Crippen molar-refractivity contribution in [3.63, 3.8) is 0 Å². The zero-order chi connectivity index (χ0) is 20.1. The topological polar surface area (TPSA) is 146 Å². The van der Waals surface area contributed by atoms with Gasteiger partial charge >= 0.3 is 5.97 Å². The number of ether oxygens (including phenoxy) is 3. The monoisotopic (exact) mass is 386 g/mol. The molecular weight excluding hydrogens is 360 g/mol. The standard InChI is InChI=1S/C18H26O9/c1-3-10(4-2)25-17(24)11-7-9(20)5-6-12(11)26-18-16(23)15(22)14(21)13(8-19)27-18/h5-7,10,13-16,18-23H,3-4,8H2,1-2H3/t13-,14-,15+,16-,18-/m1/s1. The molecule has 1 aliphatic rings. The first-order valence-electron chi connectivity index (χ1n) is 8.83. The molecule has 0 aliphatic carbocycles. The minimum absolute atomic E-state index is 0.0481. The summed E-state index contributed by atoms with van der Waals surface area (Å²) in [6.45, 7) is 3.13. The molecule has 1 aromatic carbocycles. The Bertz CT molecular complexity index is 629. The Morgan fingerprint density at radius 2 is 1.81 bits per heavy atom. The predicted octanol–water partition coefficient (Wildman–Crippen LogP) is -0.0837. The van der Waals surface area contributed by atoms with Crippen LogP contribution in [0, 0.1) is 0 Å². The summed E-state index contributed by atoms with van der Waals surface area (Å²) in [6, 6.07) is 3.72. The van der Waals surface area contributed by atoms with E-state index in [4.69, 9.17) is 14.2 Å². The van der Waals surface area contributed by atoms with Crippen LogP contribution in [-0.4, -0.2) is 74.9 Å². The Morgan fingerprint density at radius 1 is 1.15 bits per heavy atom. The lowest BCUT2D eigenvalue weighted by Crippen LogP contribution is -2.60. The van der Waals surface area contributed by atoms with Gasteiger partial charge in [0.05, 0.1) is 6.61 Å². The maximum Gasteiger partial charge on any atom is 0.342 e. The van der Waals surface area contributed by atoms with E-state index < -0.39 is 43.3 Å². The van der Waals surface area contributed by atoms with E-state index in [1.54, 1.807) is 0 Å². The lowest BCUT2D eigenvalue weighted by molar-refractivity contribution is -0.277. The van der Waals surface area contributed by atoms with Gasteiger partial charge in [0.25, 0.3) is 0 Å². The van der Waals surface area contributed by atoms with Crippen molar-refractivity contribution in [3.05, 3.63) is 23.8 Å². The van der Waals surface area contributed by atoms with Gasteiger partial charge in [0.2, 0.25) is 6.29 Å². The average Bonchev–Trinajstić information content (AvgIpc) is 2.67. The van der Waals surface area contributed by atoms with Gasteiger partial charge in [0.15, 0.2) is 0 Å². The van der Waals surface area contributed by atoms with E-state index in [0.717, 1.165) is 6.07 Å². The Balaban J connectivity index is 2.24. The Hall–Kier alpha value is -1.91. The SMILES string of the molecule is CCC(CC)OC(=O)c1cc(O)ccc1O[C@@H]1O[C@H](CO)[C@@H](O)[C@H](O)[C@H]1O. The number of carbonyl (C=O) groups excluding carboxylic acids is 1. The number of aliphatic hydroxyl groups is 4. The minimum Gasteiger partial charge on any atom is -0.508 e. The molecule has 0 spiro atoms. The second-order valence-corrected chi connectivity index (χ2v) is 6.34. The van der Waals surface area contributed by atoms with Gasteiger partial charge in [-0.2, -0.15) is 0 Å². The summed E-state index contributed by atoms with van der Waals surface area (Å²) >= 11 is 0. The molecule has 1 aromatic rings. The number of phenols is 1. The van der Waals surface area contributed by atoms with Crippen LogP contribution in [0.2, 0.25) is 0 Å². The zero-order valence-corrected chi connectivity index (χ0v) is 15.2. The highest BCUT2D eigenvalue weighted by Crippen LogP contribution is 2.29. The summed E-state index contributed by atoms with van der Waals surface area (Å²) in [5.74, 6) is -0.958. The first-order valence-corrected chi connectivity index (χ1v) is 8.83. The van der Waals surface area contributed by atoms with Crippen molar-refractivity contribution in [3.8, 4) is 11.5 Å². The summed E-state index contributed by atoms with van der Waals surface area (Å²) in [5.41, 5.74) is -0.0844. The van der Waals surface area contributed by atoms with Crippen molar-refractivity contribution in [1.29, 1.82) is 0 Å². The fourth-order valence-electron chi connectivity index (χ4n) is 2.74. The highest BCUT2D eigenvalue weighted by molar-refractivity contribution is 5.93. The molecule has 1 heterocycles. The molecule has 0 amide bonds. The van der Waals surface area contributed by atoms with E-state index in [-0.39, 0.29) is 23.2 Å². The van der Waals surface area contributed by atoms with E-state index in [1.165, 1.54) is 12.1 Å². The number of aromatic hydroxyl groups is 1. The molecule has 1 saturated heterocycles. The highest BCUT2D eigenvalue weighted by atomic mass is 16.7. The summed E-state index contributed by atoms with van der Waals surface area (Å²) in [7, 11) is 0. The van der Waals surface area contributed by atoms with Crippen molar-refractivity contribution in [2.75, 3.05) is 6.61 Å². The van der Waals surface area contributed by atoms with Gasteiger partial charge < -0.3 is 39.7 Å². The fourth-order valence-corrected chi connectivity index (χ4v) is 2.74. The first kappa shape index (κ1) is 21.4. The molecule has 9 heteroatoms. The van der Waals surface area contributed by atoms with Crippen LogP contribution in [0.1, 0.15) is 37.0 Å². The molecule has 1 fully saturated rings. The summed E-state index contributed by atoms with van der Waals surface area (Å²) in [5, 5.41) is 48.7. The number of rotatable bonds is 7. The van der Waals surface area contributed by atoms with Crippen LogP contribution in [-0.2, 0) is 9.47 Å². The Kier molecular flexibility index (Phi) is 7.40. The van der Waals surface area contributed by atoms with Gasteiger partial charge in [-0.3, -0.25) is 0 Å². The highest BCUT2D eigenvalue weighted by Gasteiger charge is 2.45. The Morgan fingerprint density at radius 3 is 2.41 bits per heavy atom. The van der Waals surface area contributed by atoms with Gasteiger partial charge in [-0.1, -0.05) is 13.8 Å². The van der Waals surface area contributed by atoms with Gasteiger partial charge in [-0.15, -0.1) is 0 Å². The second kappa shape index (κ2) is 9.34. The van der Waals surface area contributed by atoms with Gasteiger partial charge in [0, 0.05) is 0 Å². The maximum absolute atomic E-state index is 12.5. The molecule has 5 N–H and O–H groups in total. The lowest BCUT2D eigenvalue weighted by atomic mass is 9.99. The zero-order valence-electron chi connectivity index (χ0n) is 15.2. The molecule has 0 bridgehead atoms. The number of aliphatic hydroxyl groups excluding tert-OH is 4. The molecule has 152 valence electrons.